The van der Waals surface area contributed by atoms with Crippen LogP contribution in [0.1, 0.15) is 28.4 Å². The van der Waals surface area contributed by atoms with Crippen LogP contribution in [0.2, 0.25) is 5.02 Å². The second-order valence-electron chi connectivity index (χ2n) is 7.75. The van der Waals surface area contributed by atoms with Crippen LogP contribution < -0.4 is 5.32 Å². The minimum absolute atomic E-state index is 0.152. The minimum atomic E-state index is -0.341. The van der Waals surface area contributed by atoms with Gasteiger partial charge in [-0.1, -0.05) is 54.1 Å². The molecule has 0 saturated heterocycles. The topological polar surface area (TPSA) is 48.1 Å². The van der Waals surface area contributed by atoms with Crippen LogP contribution in [0.5, 0.6) is 0 Å². The zero-order valence-corrected chi connectivity index (χ0v) is 17.5. The molecule has 0 unspecified atom stereocenters. The summed E-state index contributed by atoms with van der Waals surface area (Å²) >= 11 is 6.24. The molecule has 0 fully saturated rings. The number of urea groups is 1. The molecule has 4 aromatic rings. The van der Waals surface area contributed by atoms with E-state index in [9.17, 15) is 9.18 Å². The number of benzene rings is 3. The Morgan fingerprint density at radius 2 is 1.87 bits per heavy atom. The summed E-state index contributed by atoms with van der Waals surface area (Å²) in [5.74, 6) is -0.303. The molecule has 1 atom stereocenters. The van der Waals surface area contributed by atoms with Crippen LogP contribution in [0.4, 0.5) is 9.18 Å². The van der Waals surface area contributed by atoms with Gasteiger partial charge < -0.3 is 15.2 Å². The molecule has 2 heterocycles. The highest BCUT2D eigenvalue weighted by Crippen LogP contribution is 2.39. The molecule has 0 radical (unpaired) electrons. The maximum Gasteiger partial charge on any atom is 0.318 e. The van der Waals surface area contributed by atoms with Gasteiger partial charge in [0.2, 0.25) is 0 Å². The normalized spacial score (nSPS) is 15.7. The first-order valence-electron chi connectivity index (χ1n) is 10.2. The lowest BCUT2D eigenvalue weighted by Gasteiger charge is -2.36. The molecule has 0 spiro atoms. The third-order valence-electron chi connectivity index (χ3n) is 5.82. The summed E-state index contributed by atoms with van der Waals surface area (Å²) in [6.07, 6.45) is 0.714. The van der Waals surface area contributed by atoms with E-state index in [4.69, 9.17) is 11.6 Å². The Morgan fingerprint density at radius 3 is 2.65 bits per heavy atom. The number of amides is 2. The van der Waals surface area contributed by atoms with Gasteiger partial charge in [-0.25, -0.2) is 9.18 Å². The number of aromatic amines is 1. The van der Waals surface area contributed by atoms with Crippen LogP contribution in [-0.4, -0.2) is 22.5 Å². The fraction of sp³-hybridized carbons (Fsp3) is 0.160. The van der Waals surface area contributed by atoms with Crippen molar-refractivity contribution in [2.45, 2.75) is 19.0 Å². The van der Waals surface area contributed by atoms with Gasteiger partial charge in [0.05, 0.1) is 6.04 Å². The monoisotopic (exact) mass is 433 g/mol. The van der Waals surface area contributed by atoms with Crippen LogP contribution in [0.3, 0.4) is 0 Å². The average Bonchev–Trinajstić information content (AvgIpc) is 3.16. The number of rotatable bonds is 3. The second-order valence-corrected chi connectivity index (χ2v) is 8.19. The van der Waals surface area contributed by atoms with E-state index in [0.717, 1.165) is 33.3 Å². The number of carbonyl (C=O) groups is 1. The average molecular weight is 434 g/mol. The Balaban J connectivity index is 1.52. The fourth-order valence-corrected chi connectivity index (χ4v) is 4.52. The van der Waals surface area contributed by atoms with Crippen molar-refractivity contribution in [3.05, 3.63) is 106 Å². The van der Waals surface area contributed by atoms with Gasteiger partial charge in [0, 0.05) is 34.7 Å². The largest absolute Gasteiger partial charge is 0.356 e. The summed E-state index contributed by atoms with van der Waals surface area (Å²) in [5.41, 5.74) is 4.97. The lowest BCUT2D eigenvalue weighted by atomic mass is 9.92. The van der Waals surface area contributed by atoms with Crippen molar-refractivity contribution in [2.24, 2.45) is 0 Å². The number of halogens is 2. The number of hydrogen-bond acceptors (Lipinski definition) is 1. The van der Waals surface area contributed by atoms with Gasteiger partial charge in [-0.05, 0) is 53.4 Å². The highest BCUT2D eigenvalue weighted by molar-refractivity contribution is 6.31. The maximum absolute atomic E-state index is 13.6. The van der Waals surface area contributed by atoms with E-state index in [-0.39, 0.29) is 17.9 Å². The Labute approximate surface area is 184 Å². The van der Waals surface area contributed by atoms with Crippen molar-refractivity contribution in [3.8, 4) is 0 Å². The number of carbonyl (C=O) groups excluding carboxylic acids is 1. The molecule has 0 bridgehead atoms. The van der Waals surface area contributed by atoms with E-state index in [1.807, 2.05) is 53.4 Å². The molecule has 1 aliphatic heterocycles. The van der Waals surface area contributed by atoms with Gasteiger partial charge in [-0.3, -0.25) is 0 Å². The van der Waals surface area contributed by atoms with Gasteiger partial charge in [-0.15, -0.1) is 0 Å². The smallest absolute Gasteiger partial charge is 0.318 e. The molecule has 1 aliphatic rings. The molecule has 6 heteroatoms. The van der Waals surface area contributed by atoms with Gasteiger partial charge in [-0.2, -0.15) is 0 Å². The SMILES string of the molecule is O=C(NCc1ccccc1)N1CCc2c([nH]c3ccc(Cl)cc23)[C@H]1c1ccc(F)cc1. The quantitative estimate of drug-likeness (QED) is 0.420. The standard InChI is InChI=1S/C25H21ClFN3O/c26-18-8-11-22-21(14-18)20-12-13-30(25(31)28-15-16-4-2-1-3-5-16)24(23(20)29-22)17-6-9-19(27)10-7-17/h1-11,14,24,29H,12-13,15H2,(H,28,31)/t24-/m1/s1. The molecule has 31 heavy (non-hydrogen) atoms. The number of nitrogens with one attached hydrogen (secondary N) is 2. The van der Waals surface area contributed by atoms with Crippen molar-refractivity contribution in [2.75, 3.05) is 6.54 Å². The van der Waals surface area contributed by atoms with Crippen molar-refractivity contribution in [3.63, 3.8) is 0 Å². The number of H-pyrrole nitrogens is 1. The summed E-state index contributed by atoms with van der Waals surface area (Å²) in [7, 11) is 0. The van der Waals surface area contributed by atoms with Crippen LogP contribution in [0, 0.1) is 5.82 Å². The Kier molecular flexibility index (Phi) is 5.12. The van der Waals surface area contributed by atoms with Gasteiger partial charge >= 0.3 is 6.03 Å². The van der Waals surface area contributed by atoms with Crippen LogP contribution in [0.15, 0.2) is 72.8 Å². The Morgan fingerprint density at radius 1 is 1.10 bits per heavy atom. The summed E-state index contributed by atoms with van der Waals surface area (Å²) in [4.78, 5) is 18.5. The molecule has 0 saturated carbocycles. The van der Waals surface area contributed by atoms with Crippen molar-refractivity contribution < 1.29 is 9.18 Å². The molecule has 0 aliphatic carbocycles. The highest BCUT2D eigenvalue weighted by Gasteiger charge is 2.34. The molecule has 1 aromatic heterocycles. The molecular weight excluding hydrogens is 413 g/mol. The highest BCUT2D eigenvalue weighted by atomic mass is 35.5. The molecule has 3 aromatic carbocycles. The molecule has 2 N–H and O–H groups in total. The van der Waals surface area contributed by atoms with Crippen molar-refractivity contribution in [1.29, 1.82) is 0 Å². The van der Waals surface area contributed by atoms with Crippen LogP contribution in [0.25, 0.3) is 10.9 Å². The maximum atomic E-state index is 13.6. The summed E-state index contributed by atoms with van der Waals surface area (Å²) < 4.78 is 13.6. The molecule has 156 valence electrons. The van der Waals surface area contributed by atoms with E-state index in [1.54, 1.807) is 12.1 Å². The van der Waals surface area contributed by atoms with Crippen molar-refractivity contribution in [1.82, 2.24) is 15.2 Å². The van der Waals surface area contributed by atoms with Gasteiger partial charge in [0.25, 0.3) is 0 Å². The van der Waals surface area contributed by atoms with E-state index in [1.165, 1.54) is 12.1 Å². The van der Waals surface area contributed by atoms with Crippen molar-refractivity contribution >= 4 is 28.5 Å². The number of fused-ring (bicyclic) bond motifs is 3. The van der Waals surface area contributed by atoms with Crippen LogP contribution >= 0.6 is 11.6 Å². The van der Waals surface area contributed by atoms with E-state index >= 15 is 0 Å². The Bertz CT molecular complexity index is 1240. The lowest BCUT2D eigenvalue weighted by molar-refractivity contribution is 0.179. The molecule has 5 rings (SSSR count). The molecular formula is C25H21ClFN3O. The van der Waals surface area contributed by atoms with Crippen LogP contribution in [-0.2, 0) is 13.0 Å². The third kappa shape index (κ3) is 3.77. The number of aromatic nitrogens is 1. The first-order valence-corrected chi connectivity index (χ1v) is 10.6. The first kappa shape index (κ1) is 19.6. The predicted octanol–water partition coefficient (Wildman–Crippen LogP) is 5.82. The van der Waals surface area contributed by atoms with Gasteiger partial charge in [0.1, 0.15) is 5.82 Å². The fourth-order valence-electron chi connectivity index (χ4n) is 4.35. The van der Waals surface area contributed by atoms with E-state index in [2.05, 4.69) is 10.3 Å². The summed E-state index contributed by atoms with van der Waals surface area (Å²) in [6.45, 7) is 0.997. The predicted molar refractivity (Wildman–Crippen MR) is 121 cm³/mol. The lowest BCUT2D eigenvalue weighted by Crippen LogP contribution is -2.45. The summed E-state index contributed by atoms with van der Waals surface area (Å²) in [5, 5.41) is 4.78. The zero-order valence-electron chi connectivity index (χ0n) is 16.7. The summed E-state index contributed by atoms with van der Waals surface area (Å²) in [6, 6.07) is 21.4. The Hall–Kier alpha value is -3.31. The third-order valence-corrected chi connectivity index (χ3v) is 6.06. The second kappa shape index (κ2) is 8.08. The first-order chi connectivity index (χ1) is 15.1. The van der Waals surface area contributed by atoms with E-state index in [0.29, 0.717) is 24.5 Å². The number of nitrogens with zero attached hydrogens (tertiary/aromatic N) is 1. The van der Waals surface area contributed by atoms with E-state index < -0.39 is 0 Å². The molecule has 2 amide bonds. The number of hydrogen-bond donors (Lipinski definition) is 2. The zero-order chi connectivity index (χ0) is 21.4. The van der Waals surface area contributed by atoms with Gasteiger partial charge in [0.15, 0.2) is 0 Å². The minimum Gasteiger partial charge on any atom is -0.356 e. The molecule has 4 nitrogen and oxygen atoms in total.